The smallest absolute Gasteiger partial charge is 0.227 e. The van der Waals surface area contributed by atoms with E-state index in [2.05, 4.69) is 10.3 Å². The lowest BCUT2D eigenvalue weighted by Gasteiger charge is -2.41. The van der Waals surface area contributed by atoms with Gasteiger partial charge in [-0.25, -0.2) is 4.68 Å². The van der Waals surface area contributed by atoms with Gasteiger partial charge in [0.2, 0.25) is 5.91 Å². The number of amides is 1. The first-order valence-corrected chi connectivity index (χ1v) is 8.16. The number of carbonyl (C=O) groups is 1. The number of likely N-dealkylation sites (tertiary alicyclic amines) is 1. The van der Waals surface area contributed by atoms with Crippen LogP contribution in [0.15, 0.2) is 30.5 Å². The highest BCUT2D eigenvalue weighted by Gasteiger charge is 2.37. The molecule has 1 aromatic heterocycles. The van der Waals surface area contributed by atoms with Gasteiger partial charge in [0.25, 0.3) is 0 Å². The number of nitrogens with zero attached hydrogens (tertiary/aromatic N) is 4. The molecule has 7 nitrogen and oxygen atoms in total. The van der Waals surface area contributed by atoms with Crippen molar-refractivity contribution >= 4 is 5.91 Å². The van der Waals surface area contributed by atoms with Crippen molar-refractivity contribution in [2.24, 2.45) is 0 Å². The second-order valence-electron chi connectivity index (χ2n) is 6.24. The van der Waals surface area contributed by atoms with Crippen LogP contribution < -0.4 is 4.74 Å². The average Bonchev–Trinajstić information content (AvgIpc) is 3.11. The van der Waals surface area contributed by atoms with Crippen molar-refractivity contribution in [1.82, 2.24) is 19.9 Å². The number of carbonyl (C=O) groups excluding carboxylic acids is 1. The van der Waals surface area contributed by atoms with Crippen LogP contribution in [0.4, 0.5) is 0 Å². The SMILES string of the molecule is COc1ccc(CC(=O)N2CC[C@@H]3OCc4cnnn4[C@@H]3C2)cc1. The number of aromatic nitrogens is 3. The van der Waals surface area contributed by atoms with Crippen molar-refractivity contribution in [2.45, 2.75) is 31.6 Å². The number of rotatable bonds is 3. The molecule has 3 heterocycles. The van der Waals surface area contributed by atoms with Gasteiger partial charge in [-0.2, -0.15) is 0 Å². The van der Waals surface area contributed by atoms with Crippen molar-refractivity contribution < 1.29 is 14.3 Å². The van der Waals surface area contributed by atoms with Gasteiger partial charge in [-0.05, 0) is 24.1 Å². The fourth-order valence-corrected chi connectivity index (χ4v) is 3.44. The molecule has 0 radical (unpaired) electrons. The lowest BCUT2D eigenvalue weighted by molar-refractivity contribution is -0.137. The third-order valence-corrected chi connectivity index (χ3v) is 4.80. The van der Waals surface area contributed by atoms with E-state index in [-0.39, 0.29) is 18.1 Å². The Bertz CT molecular complexity index is 728. The first-order chi connectivity index (χ1) is 11.7. The Balaban J connectivity index is 1.44. The molecule has 2 aliphatic heterocycles. The average molecular weight is 328 g/mol. The first-order valence-electron chi connectivity index (χ1n) is 8.16. The normalized spacial score (nSPS) is 22.6. The molecule has 1 fully saturated rings. The predicted molar refractivity (Wildman–Crippen MR) is 85.5 cm³/mol. The summed E-state index contributed by atoms with van der Waals surface area (Å²) in [6.07, 6.45) is 3.07. The van der Waals surface area contributed by atoms with E-state index in [1.165, 1.54) is 0 Å². The van der Waals surface area contributed by atoms with Gasteiger partial charge < -0.3 is 14.4 Å². The molecule has 2 aromatic rings. The molecule has 4 rings (SSSR count). The first kappa shape index (κ1) is 15.1. The van der Waals surface area contributed by atoms with E-state index < -0.39 is 0 Å². The maximum absolute atomic E-state index is 12.7. The number of fused-ring (bicyclic) bond motifs is 3. The third-order valence-electron chi connectivity index (χ3n) is 4.80. The zero-order valence-electron chi connectivity index (χ0n) is 13.6. The Morgan fingerprint density at radius 3 is 3.00 bits per heavy atom. The van der Waals surface area contributed by atoms with Gasteiger partial charge in [0.15, 0.2) is 0 Å². The van der Waals surface area contributed by atoms with Crippen molar-refractivity contribution in [3.63, 3.8) is 0 Å². The minimum Gasteiger partial charge on any atom is -0.497 e. The summed E-state index contributed by atoms with van der Waals surface area (Å²) < 4.78 is 13.0. The second kappa shape index (κ2) is 6.24. The van der Waals surface area contributed by atoms with Crippen molar-refractivity contribution in [2.75, 3.05) is 20.2 Å². The van der Waals surface area contributed by atoms with E-state index in [0.29, 0.717) is 19.6 Å². The Kier molecular flexibility index (Phi) is 3.93. The summed E-state index contributed by atoms with van der Waals surface area (Å²) in [6.45, 7) is 1.89. The number of ether oxygens (including phenoxy) is 2. The molecule has 0 spiro atoms. The standard InChI is InChI=1S/C17H20N4O3/c1-23-14-4-2-12(3-5-14)8-17(22)20-7-6-16-15(10-20)21-13(11-24-16)9-18-19-21/h2-5,9,15-16H,6-8,10-11H2,1H3/t15-,16+/m1/s1. The fraction of sp³-hybridized carbons (Fsp3) is 0.471. The summed E-state index contributed by atoms with van der Waals surface area (Å²) in [5, 5.41) is 8.14. The van der Waals surface area contributed by atoms with Crippen LogP contribution in [0, 0.1) is 0 Å². The summed E-state index contributed by atoms with van der Waals surface area (Å²) in [6, 6.07) is 7.69. The summed E-state index contributed by atoms with van der Waals surface area (Å²) in [5.74, 6) is 0.927. The summed E-state index contributed by atoms with van der Waals surface area (Å²) in [7, 11) is 1.63. The molecule has 0 aliphatic carbocycles. The van der Waals surface area contributed by atoms with E-state index >= 15 is 0 Å². The van der Waals surface area contributed by atoms with Crippen LogP contribution in [0.2, 0.25) is 0 Å². The number of benzene rings is 1. The molecular weight excluding hydrogens is 308 g/mol. The van der Waals surface area contributed by atoms with Gasteiger partial charge in [0, 0.05) is 13.1 Å². The lowest BCUT2D eigenvalue weighted by Crippen LogP contribution is -2.50. The number of hydrogen-bond acceptors (Lipinski definition) is 5. The van der Waals surface area contributed by atoms with Crippen molar-refractivity contribution in [3.8, 4) is 5.75 Å². The molecule has 126 valence electrons. The molecule has 0 bridgehead atoms. The van der Waals surface area contributed by atoms with E-state index in [1.807, 2.05) is 33.8 Å². The topological polar surface area (TPSA) is 69.5 Å². The van der Waals surface area contributed by atoms with Crippen LogP contribution in [-0.4, -0.2) is 52.1 Å². The summed E-state index contributed by atoms with van der Waals surface area (Å²) >= 11 is 0. The van der Waals surface area contributed by atoms with E-state index in [9.17, 15) is 4.79 Å². The summed E-state index contributed by atoms with van der Waals surface area (Å²) in [5.41, 5.74) is 1.96. The minimum absolute atomic E-state index is 0.0600. The second-order valence-corrected chi connectivity index (χ2v) is 6.24. The van der Waals surface area contributed by atoms with Gasteiger partial charge in [-0.1, -0.05) is 17.3 Å². The fourth-order valence-electron chi connectivity index (χ4n) is 3.44. The van der Waals surface area contributed by atoms with Crippen LogP contribution in [-0.2, 0) is 22.6 Å². The minimum atomic E-state index is 0.0600. The maximum atomic E-state index is 12.7. The maximum Gasteiger partial charge on any atom is 0.227 e. The van der Waals surface area contributed by atoms with Gasteiger partial charge >= 0.3 is 0 Å². The van der Waals surface area contributed by atoms with Crippen LogP contribution in [0.5, 0.6) is 5.75 Å². The van der Waals surface area contributed by atoms with Crippen LogP contribution in [0.25, 0.3) is 0 Å². The van der Waals surface area contributed by atoms with Gasteiger partial charge in [-0.15, -0.1) is 5.10 Å². The summed E-state index contributed by atoms with van der Waals surface area (Å²) in [4.78, 5) is 14.6. The van der Waals surface area contributed by atoms with Crippen molar-refractivity contribution in [3.05, 3.63) is 41.7 Å². The molecule has 0 unspecified atom stereocenters. The highest BCUT2D eigenvalue weighted by Crippen LogP contribution is 2.30. The van der Waals surface area contributed by atoms with Crippen LogP contribution >= 0.6 is 0 Å². The largest absolute Gasteiger partial charge is 0.497 e. The Hall–Kier alpha value is -2.41. The number of methoxy groups -OCH3 is 1. The zero-order valence-corrected chi connectivity index (χ0v) is 13.6. The zero-order chi connectivity index (χ0) is 16.5. The molecule has 2 aliphatic rings. The van der Waals surface area contributed by atoms with Gasteiger partial charge in [0.1, 0.15) is 5.75 Å². The van der Waals surface area contributed by atoms with E-state index in [0.717, 1.165) is 30.0 Å². The number of hydrogen-bond donors (Lipinski definition) is 0. The molecule has 0 saturated carbocycles. The van der Waals surface area contributed by atoms with Gasteiger partial charge in [-0.3, -0.25) is 4.79 Å². The molecular formula is C17H20N4O3. The number of piperidine rings is 1. The monoisotopic (exact) mass is 328 g/mol. The Labute approximate surface area is 140 Å². The molecule has 2 atom stereocenters. The molecule has 7 heteroatoms. The Morgan fingerprint density at radius 2 is 2.21 bits per heavy atom. The molecule has 24 heavy (non-hydrogen) atoms. The predicted octanol–water partition coefficient (Wildman–Crippen LogP) is 1.20. The molecule has 1 amide bonds. The van der Waals surface area contributed by atoms with E-state index in [1.54, 1.807) is 13.3 Å². The van der Waals surface area contributed by atoms with E-state index in [4.69, 9.17) is 9.47 Å². The molecule has 1 aromatic carbocycles. The van der Waals surface area contributed by atoms with Crippen LogP contribution in [0.1, 0.15) is 23.7 Å². The highest BCUT2D eigenvalue weighted by molar-refractivity contribution is 5.79. The quantitative estimate of drug-likeness (QED) is 0.847. The molecule has 0 N–H and O–H groups in total. The van der Waals surface area contributed by atoms with Crippen LogP contribution in [0.3, 0.4) is 0 Å². The Morgan fingerprint density at radius 1 is 1.38 bits per heavy atom. The highest BCUT2D eigenvalue weighted by atomic mass is 16.5. The van der Waals surface area contributed by atoms with Gasteiger partial charge in [0.05, 0.1) is 44.2 Å². The lowest BCUT2D eigenvalue weighted by atomic mass is 9.99. The molecule has 1 saturated heterocycles. The third kappa shape index (κ3) is 2.75. The van der Waals surface area contributed by atoms with Crippen molar-refractivity contribution in [1.29, 1.82) is 0 Å².